The molecule has 4 rings (SSSR count). The molecule has 1 aliphatic rings. The van der Waals surface area contributed by atoms with Crippen molar-refractivity contribution in [2.24, 2.45) is 4.99 Å². The molecule has 1 aromatic carbocycles. The van der Waals surface area contributed by atoms with Crippen molar-refractivity contribution in [3.05, 3.63) is 69.2 Å². The third kappa shape index (κ3) is 4.00. The van der Waals surface area contributed by atoms with Crippen molar-refractivity contribution in [3.8, 4) is 11.3 Å². The average Bonchev–Trinajstić information content (AvgIpc) is 3.30. The maximum Gasteiger partial charge on any atom is 0.341 e. The lowest BCUT2D eigenvalue weighted by atomic mass is 9.95. The molecular formula is C23H24N2O2S2. The monoisotopic (exact) mass is 424 g/mol. The normalized spacial score (nSPS) is 13.9. The molecule has 4 nitrogen and oxygen atoms in total. The van der Waals surface area contributed by atoms with E-state index < -0.39 is 0 Å². The van der Waals surface area contributed by atoms with Crippen LogP contribution in [0.5, 0.6) is 0 Å². The predicted octanol–water partition coefficient (Wildman–Crippen LogP) is 5.75. The minimum Gasteiger partial charge on any atom is -0.462 e. The second kappa shape index (κ2) is 8.93. The summed E-state index contributed by atoms with van der Waals surface area (Å²) < 4.78 is 7.52. The van der Waals surface area contributed by atoms with Crippen LogP contribution in [-0.2, 0) is 24.1 Å². The van der Waals surface area contributed by atoms with Crippen LogP contribution in [0, 0.1) is 0 Å². The van der Waals surface area contributed by atoms with E-state index in [9.17, 15) is 4.79 Å². The van der Waals surface area contributed by atoms with Gasteiger partial charge in [-0.05, 0) is 43.7 Å². The van der Waals surface area contributed by atoms with Gasteiger partial charge in [-0.2, -0.15) is 0 Å². The Labute approximate surface area is 178 Å². The summed E-state index contributed by atoms with van der Waals surface area (Å²) in [6.07, 6.45) is 6.12. The number of benzene rings is 1. The highest BCUT2D eigenvalue weighted by atomic mass is 32.1. The number of fused-ring (bicyclic) bond motifs is 1. The fraction of sp³-hybridized carbons (Fsp3) is 0.304. The van der Waals surface area contributed by atoms with Gasteiger partial charge in [0.1, 0.15) is 5.00 Å². The number of carbonyl (C=O) groups is 1. The van der Waals surface area contributed by atoms with Crippen LogP contribution < -0.4 is 4.80 Å². The molecular weight excluding hydrogens is 400 g/mol. The standard InChI is InChI=1S/C23H24N2O2S2/c1-3-14-25-18(16-10-6-5-7-11-16)15-28-23(25)24-21-20(22(26)27-4-2)17-12-8-9-13-19(17)29-21/h3,5-7,10-11,15H,1,4,8-9,12-14H2,2H3. The molecule has 0 saturated carbocycles. The summed E-state index contributed by atoms with van der Waals surface area (Å²) >= 11 is 3.23. The van der Waals surface area contributed by atoms with Crippen molar-refractivity contribution in [1.82, 2.24) is 4.57 Å². The van der Waals surface area contributed by atoms with Crippen LogP contribution in [0.4, 0.5) is 5.00 Å². The summed E-state index contributed by atoms with van der Waals surface area (Å²) in [5, 5.41) is 2.89. The third-order valence-electron chi connectivity index (χ3n) is 5.01. The number of thiophene rings is 1. The molecule has 150 valence electrons. The van der Waals surface area contributed by atoms with E-state index in [1.807, 2.05) is 31.2 Å². The van der Waals surface area contributed by atoms with Crippen LogP contribution in [0.2, 0.25) is 0 Å². The Hall–Kier alpha value is -2.44. The Balaban J connectivity index is 1.86. The molecule has 0 unspecified atom stereocenters. The highest BCUT2D eigenvalue weighted by Crippen LogP contribution is 2.40. The number of carbonyl (C=O) groups excluding carboxylic acids is 1. The number of aromatic nitrogens is 1. The van der Waals surface area contributed by atoms with Gasteiger partial charge in [-0.15, -0.1) is 29.3 Å². The maximum absolute atomic E-state index is 12.7. The molecule has 0 aliphatic heterocycles. The summed E-state index contributed by atoms with van der Waals surface area (Å²) in [5.74, 6) is -0.249. The highest BCUT2D eigenvalue weighted by Gasteiger charge is 2.26. The van der Waals surface area contributed by atoms with Crippen molar-refractivity contribution >= 4 is 33.6 Å². The van der Waals surface area contributed by atoms with Crippen LogP contribution in [0.25, 0.3) is 11.3 Å². The van der Waals surface area contributed by atoms with Crippen LogP contribution >= 0.6 is 22.7 Å². The van der Waals surface area contributed by atoms with Gasteiger partial charge >= 0.3 is 5.97 Å². The zero-order valence-electron chi connectivity index (χ0n) is 16.5. The molecule has 0 saturated heterocycles. The number of nitrogens with zero attached hydrogens (tertiary/aromatic N) is 2. The molecule has 0 spiro atoms. The van der Waals surface area contributed by atoms with Crippen LogP contribution in [-0.4, -0.2) is 17.1 Å². The third-order valence-corrected chi connectivity index (χ3v) is 7.06. The van der Waals surface area contributed by atoms with Gasteiger partial charge in [0.25, 0.3) is 0 Å². The Kier molecular flexibility index (Phi) is 6.11. The van der Waals surface area contributed by atoms with E-state index in [4.69, 9.17) is 9.73 Å². The molecule has 2 aromatic heterocycles. The number of esters is 1. The van der Waals surface area contributed by atoms with Crippen molar-refractivity contribution in [3.63, 3.8) is 0 Å². The summed E-state index contributed by atoms with van der Waals surface area (Å²) in [5.41, 5.74) is 4.07. The van der Waals surface area contributed by atoms with Gasteiger partial charge in [-0.25, -0.2) is 9.79 Å². The maximum atomic E-state index is 12.7. The SMILES string of the molecule is C=CCn1c(-c2ccccc2)csc1=Nc1sc2c(c1C(=O)OCC)CCCC2. The first kappa shape index (κ1) is 19.9. The van der Waals surface area contributed by atoms with Crippen molar-refractivity contribution in [2.45, 2.75) is 39.2 Å². The van der Waals surface area contributed by atoms with Crippen molar-refractivity contribution in [2.75, 3.05) is 6.61 Å². The average molecular weight is 425 g/mol. The van der Waals surface area contributed by atoms with E-state index in [1.54, 1.807) is 22.7 Å². The number of rotatable bonds is 6. The summed E-state index contributed by atoms with van der Waals surface area (Å²) in [6, 6.07) is 10.3. The van der Waals surface area contributed by atoms with Crippen molar-refractivity contribution in [1.29, 1.82) is 0 Å². The molecule has 6 heteroatoms. The van der Waals surface area contributed by atoms with E-state index in [0.717, 1.165) is 45.9 Å². The number of hydrogen-bond acceptors (Lipinski definition) is 5. The summed E-state index contributed by atoms with van der Waals surface area (Å²) in [7, 11) is 0. The molecule has 0 fully saturated rings. The number of thiazole rings is 1. The van der Waals surface area contributed by atoms with Crippen LogP contribution in [0.3, 0.4) is 0 Å². The van der Waals surface area contributed by atoms with E-state index in [0.29, 0.717) is 18.7 Å². The lowest BCUT2D eigenvalue weighted by molar-refractivity contribution is 0.0526. The first-order valence-corrected chi connectivity index (χ1v) is 11.6. The van der Waals surface area contributed by atoms with E-state index in [2.05, 4.69) is 28.7 Å². The van der Waals surface area contributed by atoms with Gasteiger partial charge in [0.15, 0.2) is 4.80 Å². The highest BCUT2D eigenvalue weighted by molar-refractivity contribution is 7.16. The minimum absolute atomic E-state index is 0.249. The smallest absolute Gasteiger partial charge is 0.341 e. The molecule has 2 heterocycles. The fourth-order valence-electron chi connectivity index (χ4n) is 3.69. The number of ether oxygens (including phenoxy) is 1. The molecule has 1 aliphatic carbocycles. The van der Waals surface area contributed by atoms with Gasteiger partial charge < -0.3 is 9.30 Å². The second-order valence-corrected chi connectivity index (χ2v) is 8.81. The topological polar surface area (TPSA) is 43.6 Å². The summed E-state index contributed by atoms with van der Waals surface area (Å²) in [4.78, 5) is 19.9. The lowest BCUT2D eigenvalue weighted by Gasteiger charge is -2.11. The van der Waals surface area contributed by atoms with Gasteiger partial charge in [-0.1, -0.05) is 36.4 Å². The Bertz CT molecular complexity index is 1090. The predicted molar refractivity (Wildman–Crippen MR) is 120 cm³/mol. The Morgan fingerprint density at radius 3 is 2.83 bits per heavy atom. The van der Waals surface area contributed by atoms with Crippen molar-refractivity contribution < 1.29 is 9.53 Å². The van der Waals surface area contributed by atoms with Gasteiger partial charge in [-0.3, -0.25) is 0 Å². The Morgan fingerprint density at radius 2 is 2.07 bits per heavy atom. The van der Waals surface area contributed by atoms with Crippen LogP contribution in [0.15, 0.2) is 53.4 Å². The number of allylic oxidation sites excluding steroid dienone is 1. The minimum atomic E-state index is -0.249. The molecule has 0 atom stereocenters. The van der Waals surface area contributed by atoms with Gasteiger partial charge in [0, 0.05) is 16.8 Å². The quantitative estimate of drug-likeness (QED) is 0.373. The van der Waals surface area contributed by atoms with Gasteiger partial charge in [0.2, 0.25) is 0 Å². The van der Waals surface area contributed by atoms with Gasteiger partial charge in [0.05, 0.1) is 17.9 Å². The zero-order chi connectivity index (χ0) is 20.2. The number of hydrogen-bond donors (Lipinski definition) is 0. The molecule has 29 heavy (non-hydrogen) atoms. The zero-order valence-corrected chi connectivity index (χ0v) is 18.2. The first-order chi connectivity index (χ1) is 14.2. The molecule has 0 bridgehead atoms. The molecule has 0 amide bonds. The largest absolute Gasteiger partial charge is 0.462 e. The van der Waals surface area contributed by atoms with E-state index in [1.165, 1.54) is 11.3 Å². The lowest BCUT2D eigenvalue weighted by Crippen LogP contribution is -2.15. The molecule has 3 aromatic rings. The van der Waals surface area contributed by atoms with E-state index >= 15 is 0 Å². The number of aryl methyl sites for hydroxylation is 1. The molecule has 0 radical (unpaired) electrons. The van der Waals surface area contributed by atoms with Crippen LogP contribution in [0.1, 0.15) is 40.6 Å². The second-order valence-electron chi connectivity index (χ2n) is 6.89. The molecule has 0 N–H and O–H groups in total. The van der Waals surface area contributed by atoms with E-state index in [-0.39, 0.29) is 5.97 Å². The fourth-order valence-corrected chi connectivity index (χ4v) is 5.92. The summed E-state index contributed by atoms with van der Waals surface area (Å²) in [6.45, 7) is 6.79. The Morgan fingerprint density at radius 1 is 1.28 bits per heavy atom. The first-order valence-electron chi connectivity index (χ1n) is 9.94.